The van der Waals surface area contributed by atoms with E-state index in [0.29, 0.717) is 35.8 Å². The van der Waals surface area contributed by atoms with E-state index < -0.39 is 5.97 Å². The van der Waals surface area contributed by atoms with Gasteiger partial charge in [0.25, 0.3) is 0 Å². The van der Waals surface area contributed by atoms with E-state index in [9.17, 15) is 9.59 Å². The van der Waals surface area contributed by atoms with E-state index in [0.717, 1.165) is 22.4 Å². The van der Waals surface area contributed by atoms with Crippen LogP contribution in [0.1, 0.15) is 33.1 Å². The number of esters is 1. The van der Waals surface area contributed by atoms with Crippen molar-refractivity contribution in [1.82, 2.24) is 4.90 Å². The molecule has 0 aliphatic carbocycles. The second kappa shape index (κ2) is 11.0. The number of hydrogen-bond donors (Lipinski definition) is 1. The van der Waals surface area contributed by atoms with Crippen molar-refractivity contribution in [3.05, 3.63) is 82.9 Å². The molecule has 0 saturated heterocycles. The number of methoxy groups -OCH3 is 3. The molecule has 0 aromatic heterocycles. The van der Waals surface area contributed by atoms with Crippen LogP contribution in [-0.4, -0.2) is 51.4 Å². The third kappa shape index (κ3) is 5.38. The summed E-state index contributed by atoms with van der Waals surface area (Å²) in [5.41, 5.74) is 4.23. The van der Waals surface area contributed by atoms with Crippen molar-refractivity contribution in [2.45, 2.75) is 19.4 Å². The van der Waals surface area contributed by atoms with Crippen molar-refractivity contribution in [3.8, 4) is 17.2 Å². The third-order valence-corrected chi connectivity index (χ3v) is 6.22. The summed E-state index contributed by atoms with van der Waals surface area (Å²) >= 11 is 0. The molecule has 2 amide bonds. The minimum Gasteiger partial charge on any atom is -0.493 e. The molecule has 1 N–H and O–H groups in total. The van der Waals surface area contributed by atoms with Gasteiger partial charge >= 0.3 is 12.0 Å². The number of benzene rings is 3. The van der Waals surface area contributed by atoms with E-state index in [2.05, 4.69) is 5.32 Å². The lowest BCUT2D eigenvalue weighted by Crippen LogP contribution is -2.44. The highest BCUT2D eigenvalue weighted by atomic mass is 16.5. The predicted molar refractivity (Wildman–Crippen MR) is 136 cm³/mol. The number of nitrogens with zero attached hydrogens (tertiary/aromatic N) is 1. The average molecular weight is 491 g/mol. The molecule has 3 aromatic carbocycles. The molecule has 1 atom stereocenters. The number of carbonyl (C=O) groups is 2. The van der Waals surface area contributed by atoms with Crippen LogP contribution < -0.4 is 19.5 Å². The van der Waals surface area contributed by atoms with Gasteiger partial charge in [-0.2, -0.15) is 0 Å². The van der Waals surface area contributed by atoms with Crippen LogP contribution in [0, 0.1) is 6.92 Å². The van der Waals surface area contributed by atoms with Gasteiger partial charge in [-0.25, -0.2) is 9.59 Å². The highest BCUT2D eigenvalue weighted by molar-refractivity contribution is 5.90. The number of nitrogens with one attached hydrogen (secondary N) is 1. The zero-order valence-electron chi connectivity index (χ0n) is 20.9. The van der Waals surface area contributed by atoms with Gasteiger partial charge in [-0.15, -0.1) is 0 Å². The molecule has 8 heteroatoms. The van der Waals surface area contributed by atoms with E-state index in [1.165, 1.54) is 7.11 Å². The third-order valence-electron chi connectivity index (χ3n) is 6.22. The molecular formula is C28H30N2O6. The molecule has 0 spiro atoms. The number of fused-ring (bicyclic) bond motifs is 1. The Morgan fingerprint density at radius 3 is 2.36 bits per heavy atom. The van der Waals surface area contributed by atoms with Gasteiger partial charge in [0, 0.05) is 12.2 Å². The standard InChI is InChI=1S/C28H30N2O6/c1-18-6-5-7-21(14-18)29-28(32)30-13-12-20-15-25(33-2)26(34-3)16-23(20)24(30)17-36-22-10-8-19(9-11-22)27(31)35-4/h5-11,14-16,24H,12-13,17H2,1-4H3,(H,29,32). The number of aryl methyl sites for hydroxylation is 1. The van der Waals surface area contributed by atoms with E-state index in [4.69, 9.17) is 18.9 Å². The van der Waals surface area contributed by atoms with Gasteiger partial charge in [-0.05, 0) is 78.6 Å². The normalized spacial score (nSPS) is 14.4. The molecule has 1 aliphatic heterocycles. The number of hydrogen-bond acceptors (Lipinski definition) is 6. The second-order valence-electron chi connectivity index (χ2n) is 8.49. The largest absolute Gasteiger partial charge is 0.493 e. The van der Waals surface area contributed by atoms with E-state index >= 15 is 0 Å². The van der Waals surface area contributed by atoms with Crippen LogP contribution in [0.5, 0.6) is 17.2 Å². The van der Waals surface area contributed by atoms with Crippen molar-refractivity contribution in [2.24, 2.45) is 0 Å². The summed E-state index contributed by atoms with van der Waals surface area (Å²) in [6.45, 7) is 2.70. The number of urea groups is 1. The fraction of sp³-hybridized carbons (Fsp3) is 0.286. The van der Waals surface area contributed by atoms with Crippen LogP contribution in [0.25, 0.3) is 0 Å². The Bertz CT molecular complexity index is 1240. The number of anilines is 1. The van der Waals surface area contributed by atoms with Gasteiger partial charge < -0.3 is 29.2 Å². The van der Waals surface area contributed by atoms with Crippen LogP contribution >= 0.6 is 0 Å². The quantitative estimate of drug-likeness (QED) is 0.469. The highest BCUT2D eigenvalue weighted by Crippen LogP contribution is 2.38. The first-order valence-corrected chi connectivity index (χ1v) is 11.6. The van der Waals surface area contributed by atoms with Crippen molar-refractivity contribution in [2.75, 3.05) is 39.8 Å². The summed E-state index contributed by atoms with van der Waals surface area (Å²) in [4.78, 5) is 26.9. The number of ether oxygens (including phenoxy) is 4. The summed E-state index contributed by atoms with van der Waals surface area (Å²) in [6.07, 6.45) is 0.668. The Kier molecular flexibility index (Phi) is 7.63. The molecule has 8 nitrogen and oxygen atoms in total. The zero-order valence-corrected chi connectivity index (χ0v) is 20.9. The molecule has 4 rings (SSSR count). The SMILES string of the molecule is COC(=O)c1ccc(OCC2c3cc(OC)c(OC)cc3CCN2C(=O)Nc2cccc(C)c2)cc1. The molecule has 0 saturated carbocycles. The van der Waals surface area contributed by atoms with E-state index in [1.54, 1.807) is 43.4 Å². The topological polar surface area (TPSA) is 86.3 Å². The maximum atomic E-state index is 13.4. The van der Waals surface area contributed by atoms with Crippen molar-refractivity contribution in [3.63, 3.8) is 0 Å². The number of amides is 2. The first-order chi connectivity index (χ1) is 17.4. The summed E-state index contributed by atoms with van der Waals surface area (Å²) in [7, 11) is 4.53. The van der Waals surface area contributed by atoms with E-state index in [-0.39, 0.29) is 18.7 Å². The fourth-order valence-corrected chi connectivity index (χ4v) is 4.35. The van der Waals surface area contributed by atoms with Crippen LogP contribution in [0.3, 0.4) is 0 Å². The minimum atomic E-state index is -0.414. The Labute approximate surface area is 210 Å². The van der Waals surface area contributed by atoms with Gasteiger partial charge in [0.2, 0.25) is 0 Å². The van der Waals surface area contributed by atoms with Crippen LogP contribution in [-0.2, 0) is 11.2 Å². The first-order valence-electron chi connectivity index (χ1n) is 11.6. The second-order valence-corrected chi connectivity index (χ2v) is 8.49. The zero-order chi connectivity index (χ0) is 25.7. The number of rotatable bonds is 7. The highest BCUT2D eigenvalue weighted by Gasteiger charge is 2.33. The molecule has 1 aliphatic rings. The monoisotopic (exact) mass is 490 g/mol. The van der Waals surface area contributed by atoms with Gasteiger partial charge in [0.1, 0.15) is 12.4 Å². The lowest BCUT2D eigenvalue weighted by Gasteiger charge is -2.37. The van der Waals surface area contributed by atoms with Gasteiger partial charge in [0.15, 0.2) is 11.5 Å². The van der Waals surface area contributed by atoms with Crippen LogP contribution in [0.2, 0.25) is 0 Å². The Morgan fingerprint density at radius 1 is 0.972 bits per heavy atom. The van der Waals surface area contributed by atoms with Crippen LogP contribution in [0.4, 0.5) is 10.5 Å². The Hall–Kier alpha value is -4.20. The maximum Gasteiger partial charge on any atom is 0.337 e. The summed E-state index contributed by atoms with van der Waals surface area (Å²) in [6, 6.07) is 17.7. The smallest absolute Gasteiger partial charge is 0.337 e. The summed E-state index contributed by atoms with van der Waals surface area (Å²) < 4.78 is 21.9. The molecule has 0 bridgehead atoms. The lowest BCUT2D eigenvalue weighted by atomic mass is 9.92. The Morgan fingerprint density at radius 2 is 1.69 bits per heavy atom. The first kappa shape index (κ1) is 24.9. The van der Waals surface area contributed by atoms with Crippen molar-refractivity contribution >= 4 is 17.7 Å². The van der Waals surface area contributed by atoms with Crippen LogP contribution in [0.15, 0.2) is 60.7 Å². The molecule has 1 heterocycles. The predicted octanol–water partition coefficient (Wildman–Crippen LogP) is 5.01. The molecule has 0 fully saturated rings. The summed E-state index contributed by atoms with van der Waals surface area (Å²) in [5, 5.41) is 3.01. The lowest BCUT2D eigenvalue weighted by molar-refractivity contribution is 0.0600. The maximum absolute atomic E-state index is 13.4. The molecule has 3 aromatic rings. The van der Waals surface area contributed by atoms with Gasteiger partial charge in [0.05, 0.1) is 32.9 Å². The molecule has 1 unspecified atom stereocenters. The van der Waals surface area contributed by atoms with E-state index in [1.807, 2.05) is 43.3 Å². The number of carbonyl (C=O) groups excluding carboxylic acids is 2. The van der Waals surface area contributed by atoms with Crippen molar-refractivity contribution in [1.29, 1.82) is 0 Å². The minimum absolute atomic E-state index is 0.210. The fourth-order valence-electron chi connectivity index (χ4n) is 4.35. The molecular weight excluding hydrogens is 460 g/mol. The molecule has 188 valence electrons. The average Bonchev–Trinajstić information content (AvgIpc) is 2.90. The van der Waals surface area contributed by atoms with Gasteiger partial charge in [-0.1, -0.05) is 12.1 Å². The molecule has 36 heavy (non-hydrogen) atoms. The van der Waals surface area contributed by atoms with Crippen molar-refractivity contribution < 1.29 is 28.5 Å². The molecule has 0 radical (unpaired) electrons. The van der Waals surface area contributed by atoms with Gasteiger partial charge in [-0.3, -0.25) is 0 Å². The Balaban J connectivity index is 1.62. The summed E-state index contributed by atoms with van der Waals surface area (Å²) in [5.74, 6) is 1.40.